The maximum absolute atomic E-state index is 12.3. The number of esters is 1. The Bertz CT molecular complexity index is 1350. The van der Waals surface area contributed by atoms with E-state index in [1.165, 1.54) is 12.7 Å². The van der Waals surface area contributed by atoms with Gasteiger partial charge in [0.2, 0.25) is 0 Å². The predicted octanol–water partition coefficient (Wildman–Crippen LogP) is 5.87. The molecule has 1 aliphatic rings. The highest BCUT2D eigenvalue weighted by atomic mass is 32.1. The highest BCUT2D eigenvalue weighted by Crippen LogP contribution is 2.43. The predicted molar refractivity (Wildman–Crippen MR) is 139 cm³/mol. The number of thiocarbonyl (C=S) groups is 1. The number of benzene rings is 2. The van der Waals surface area contributed by atoms with Gasteiger partial charge in [0.05, 0.1) is 24.4 Å². The summed E-state index contributed by atoms with van der Waals surface area (Å²) >= 11 is 5.79. The van der Waals surface area contributed by atoms with Crippen LogP contribution in [0.2, 0.25) is 0 Å². The van der Waals surface area contributed by atoms with Crippen LogP contribution in [0.3, 0.4) is 0 Å². The average molecular weight is 484 g/mol. The minimum absolute atomic E-state index is 0.218. The van der Waals surface area contributed by atoms with E-state index in [0.717, 1.165) is 17.8 Å². The number of pyridine rings is 1. The maximum Gasteiger partial charge on any atom is 0.338 e. The van der Waals surface area contributed by atoms with Crippen molar-refractivity contribution in [1.29, 1.82) is 0 Å². The number of hydrogen-bond donors (Lipinski definition) is 1. The molecular weight excluding hydrogens is 458 g/mol. The number of aryl methyl sites for hydroxylation is 1. The Morgan fingerprint density at radius 2 is 1.83 bits per heavy atom. The number of hydrogen-bond acceptors (Lipinski definition) is 5. The molecule has 0 saturated carbocycles. The fraction of sp³-hybridized carbons (Fsp3) is 0.179. The summed E-state index contributed by atoms with van der Waals surface area (Å²) in [5, 5.41) is 4.04. The topological polar surface area (TPSA) is 67.6 Å². The van der Waals surface area contributed by atoms with Gasteiger partial charge in [0.1, 0.15) is 17.6 Å². The van der Waals surface area contributed by atoms with Gasteiger partial charge in [0, 0.05) is 17.4 Å². The molecule has 1 N–H and O–H groups in total. The van der Waals surface area contributed by atoms with Crippen LogP contribution in [0, 0.1) is 0 Å². The summed E-state index contributed by atoms with van der Waals surface area (Å²) in [6, 6.07) is 24.8. The largest absolute Gasteiger partial charge is 0.465 e. The van der Waals surface area contributed by atoms with Crippen molar-refractivity contribution < 1.29 is 13.9 Å². The SMILES string of the molecule is CCc1ccc(N2C(=S)N[C@H](c3ccccn3)[C@@H]2c2ccc(-c3ccccc3C(=O)OC)o2)cc1. The standard InChI is InChI=1S/C28H25N3O3S/c1-3-18-11-13-19(14-12-18)31-26(25(30-28(31)35)22-10-6-7-17-29-22)24-16-15-23(34-24)20-8-4-5-9-21(20)27(32)33-2/h4-17,25-26H,3H2,1-2H3,(H,30,35)/t25-,26+/m1/s1. The average Bonchev–Trinajstić information content (AvgIpc) is 3.53. The van der Waals surface area contributed by atoms with Gasteiger partial charge < -0.3 is 19.4 Å². The first-order valence-corrected chi connectivity index (χ1v) is 11.9. The molecule has 0 radical (unpaired) electrons. The van der Waals surface area contributed by atoms with Crippen molar-refractivity contribution in [3.8, 4) is 11.3 Å². The highest BCUT2D eigenvalue weighted by Gasteiger charge is 2.42. The second kappa shape index (κ2) is 9.72. The quantitative estimate of drug-likeness (QED) is 0.272. The van der Waals surface area contributed by atoms with Gasteiger partial charge in [-0.05, 0) is 66.7 Å². The summed E-state index contributed by atoms with van der Waals surface area (Å²) in [5.41, 5.74) is 4.21. The Balaban J connectivity index is 1.59. The zero-order valence-electron chi connectivity index (χ0n) is 19.5. The van der Waals surface area contributed by atoms with E-state index in [2.05, 4.69) is 46.4 Å². The molecule has 2 aromatic carbocycles. The van der Waals surface area contributed by atoms with Gasteiger partial charge in [-0.3, -0.25) is 4.98 Å². The molecule has 0 bridgehead atoms. The summed E-state index contributed by atoms with van der Waals surface area (Å²) < 4.78 is 11.4. The molecule has 0 unspecified atom stereocenters. The van der Waals surface area contributed by atoms with Crippen LogP contribution < -0.4 is 10.2 Å². The van der Waals surface area contributed by atoms with Crippen LogP contribution in [0.1, 0.15) is 46.4 Å². The van der Waals surface area contributed by atoms with Crippen molar-refractivity contribution in [3.05, 3.63) is 108 Å². The summed E-state index contributed by atoms with van der Waals surface area (Å²) in [6.07, 6.45) is 2.74. The third-order valence-corrected chi connectivity index (χ3v) is 6.55. The van der Waals surface area contributed by atoms with Gasteiger partial charge in [0.25, 0.3) is 0 Å². The molecule has 2 atom stereocenters. The molecule has 5 rings (SSSR count). The second-order valence-electron chi connectivity index (χ2n) is 8.26. The molecule has 2 aromatic heterocycles. The number of carbonyl (C=O) groups excluding carboxylic acids is 1. The number of anilines is 1. The molecule has 6 nitrogen and oxygen atoms in total. The van der Waals surface area contributed by atoms with Crippen LogP contribution >= 0.6 is 12.2 Å². The van der Waals surface area contributed by atoms with Crippen LogP contribution in [0.5, 0.6) is 0 Å². The molecule has 3 heterocycles. The molecular formula is C28H25N3O3S. The van der Waals surface area contributed by atoms with E-state index in [1.54, 1.807) is 18.3 Å². The number of rotatable bonds is 6. The van der Waals surface area contributed by atoms with Crippen LogP contribution in [0.25, 0.3) is 11.3 Å². The van der Waals surface area contributed by atoms with Gasteiger partial charge in [-0.1, -0.05) is 43.3 Å². The van der Waals surface area contributed by atoms with Gasteiger partial charge >= 0.3 is 5.97 Å². The van der Waals surface area contributed by atoms with Crippen LogP contribution in [0.4, 0.5) is 5.69 Å². The zero-order valence-corrected chi connectivity index (χ0v) is 20.3. The van der Waals surface area contributed by atoms with Crippen molar-refractivity contribution in [2.24, 2.45) is 0 Å². The molecule has 1 fully saturated rings. The number of nitrogens with one attached hydrogen (secondary N) is 1. The number of furan rings is 1. The summed E-state index contributed by atoms with van der Waals surface area (Å²) in [5.74, 6) is 0.883. The summed E-state index contributed by atoms with van der Waals surface area (Å²) in [4.78, 5) is 19.0. The van der Waals surface area contributed by atoms with Gasteiger partial charge in [-0.2, -0.15) is 0 Å². The lowest BCUT2D eigenvalue weighted by Crippen LogP contribution is -2.29. The van der Waals surface area contributed by atoms with Gasteiger partial charge in [-0.15, -0.1) is 0 Å². The lowest BCUT2D eigenvalue weighted by atomic mass is 10.0. The second-order valence-corrected chi connectivity index (χ2v) is 8.64. The lowest BCUT2D eigenvalue weighted by Gasteiger charge is -2.26. The molecule has 1 saturated heterocycles. The van der Waals surface area contributed by atoms with Crippen molar-refractivity contribution in [3.63, 3.8) is 0 Å². The van der Waals surface area contributed by atoms with E-state index in [-0.39, 0.29) is 12.1 Å². The molecule has 4 aromatic rings. The fourth-order valence-corrected chi connectivity index (χ4v) is 4.80. The smallest absolute Gasteiger partial charge is 0.338 e. The molecule has 0 amide bonds. The van der Waals surface area contributed by atoms with E-state index in [0.29, 0.717) is 27.8 Å². The maximum atomic E-state index is 12.3. The van der Waals surface area contributed by atoms with E-state index < -0.39 is 5.97 Å². The van der Waals surface area contributed by atoms with Crippen LogP contribution in [-0.2, 0) is 11.2 Å². The molecule has 0 aliphatic carbocycles. The minimum Gasteiger partial charge on any atom is -0.465 e. The Kier molecular flexibility index (Phi) is 6.33. The molecule has 7 heteroatoms. The van der Waals surface area contributed by atoms with Gasteiger partial charge in [-0.25, -0.2) is 4.79 Å². The first kappa shape index (κ1) is 22.8. The molecule has 1 aliphatic heterocycles. The third kappa shape index (κ3) is 4.31. The van der Waals surface area contributed by atoms with E-state index in [9.17, 15) is 4.79 Å². The van der Waals surface area contributed by atoms with Gasteiger partial charge in [0.15, 0.2) is 5.11 Å². The van der Waals surface area contributed by atoms with Crippen molar-refractivity contribution >= 4 is 29.0 Å². The van der Waals surface area contributed by atoms with Crippen molar-refractivity contribution in [2.75, 3.05) is 12.0 Å². The van der Waals surface area contributed by atoms with Crippen molar-refractivity contribution in [2.45, 2.75) is 25.4 Å². The summed E-state index contributed by atoms with van der Waals surface area (Å²) in [7, 11) is 1.37. The van der Waals surface area contributed by atoms with E-state index in [1.807, 2.05) is 42.5 Å². The molecule has 176 valence electrons. The van der Waals surface area contributed by atoms with Crippen molar-refractivity contribution in [1.82, 2.24) is 10.3 Å². The zero-order chi connectivity index (χ0) is 24.4. The Morgan fingerprint density at radius 1 is 1.06 bits per heavy atom. The monoisotopic (exact) mass is 483 g/mol. The van der Waals surface area contributed by atoms with E-state index >= 15 is 0 Å². The number of nitrogens with zero attached hydrogens (tertiary/aromatic N) is 2. The first-order chi connectivity index (χ1) is 17.1. The minimum atomic E-state index is -0.411. The lowest BCUT2D eigenvalue weighted by molar-refractivity contribution is 0.0601. The Hall–Kier alpha value is -3.97. The number of aromatic nitrogens is 1. The number of carbonyl (C=O) groups is 1. The molecule has 0 spiro atoms. The number of ether oxygens (including phenoxy) is 1. The van der Waals surface area contributed by atoms with E-state index in [4.69, 9.17) is 21.4 Å². The summed E-state index contributed by atoms with van der Waals surface area (Å²) in [6.45, 7) is 2.13. The Morgan fingerprint density at radius 3 is 2.54 bits per heavy atom. The van der Waals surface area contributed by atoms with Crippen LogP contribution in [-0.4, -0.2) is 23.2 Å². The fourth-order valence-electron chi connectivity index (χ4n) is 4.46. The third-order valence-electron chi connectivity index (χ3n) is 6.24. The highest BCUT2D eigenvalue weighted by molar-refractivity contribution is 7.80. The molecule has 35 heavy (non-hydrogen) atoms. The first-order valence-electron chi connectivity index (χ1n) is 11.5. The Labute approximate surface area is 209 Å². The van der Waals surface area contributed by atoms with Crippen LogP contribution in [0.15, 0.2) is 89.5 Å². The normalized spacial score (nSPS) is 17.3. The number of methoxy groups -OCH3 is 1.